The highest BCUT2D eigenvalue weighted by Crippen LogP contribution is 2.34. The number of nitro groups is 1. The standard InChI is InChI=1S/C26H17N3O6/c1-15-22-23(20-7-2-3-8-21(20)27-15)25(31)28(24(22)30)19-6-4-5-17(13-19)26(32)35-14-16-9-11-18(12-10-16)29(33)34/h2-13H,14H2,1H3. The predicted octanol–water partition coefficient (Wildman–Crippen LogP) is 4.61. The zero-order valence-corrected chi connectivity index (χ0v) is 18.4. The van der Waals surface area contributed by atoms with Crippen molar-refractivity contribution in [3.8, 4) is 0 Å². The van der Waals surface area contributed by atoms with Gasteiger partial charge in [0, 0.05) is 17.5 Å². The molecule has 0 atom stereocenters. The maximum Gasteiger partial charge on any atom is 0.338 e. The van der Waals surface area contributed by atoms with Crippen LogP contribution in [0.3, 0.4) is 0 Å². The molecule has 0 aliphatic carbocycles. The number of benzene rings is 3. The van der Waals surface area contributed by atoms with E-state index in [0.717, 1.165) is 4.90 Å². The van der Waals surface area contributed by atoms with E-state index in [-0.39, 0.29) is 29.1 Å². The molecule has 35 heavy (non-hydrogen) atoms. The van der Waals surface area contributed by atoms with Crippen molar-refractivity contribution in [1.82, 2.24) is 4.98 Å². The Bertz CT molecular complexity index is 1550. The fourth-order valence-corrected chi connectivity index (χ4v) is 4.09. The van der Waals surface area contributed by atoms with Crippen LogP contribution >= 0.6 is 0 Å². The molecule has 0 fully saturated rings. The Morgan fingerprint density at radius 2 is 1.69 bits per heavy atom. The second kappa shape index (κ2) is 8.45. The van der Waals surface area contributed by atoms with E-state index in [9.17, 15) is 24.5 Å². The number of fused-ring (bicyclic) bond motifs is 3. The van der Waals surface area contributed by atoms with Gasteiger partial charge in [-0.25, -0.2) is 9.69 Å². The Kier molecular flexibility index (Phi) is 5.29. The average Bonchev–Trinajstić information content (AvgIpc) is 3.13. The second-order valence-electron chi connectivity index (χ2n) is 7.96. The number of aryl methyl sites for hydroxylation is 1. The first-order chi connectivity index (χ1) is 16.8. The first-order valence-corrected chi connectivity index (χ1v) is 10.6. The van der Waals surface area contributed by atoms with Gasteiger partial charge in [0.15, 0.2) is 0 Å². The molecule has 9 heteroatoms. The first kappa shape index (κ1) is 21.9. The van der Waals surface area contributed by atoms with E-state index in [4.69, 9.17) is 4.74 Å². The number of amides is 2. The van der Waals surface area contributed by atoms with Gasteiger partial charge in [0.1, 0.15) is 6.61 Å². The summed E-state index contributed by atoms with van der Waals surface area (Å²) < 4.78 is 5.32. The summed E-state index contributed by atoms with van der Waals surface area (Å²) in [6, 6.07) is 18.8. The summed E-state index contributed by atoms with van der Waals surface area (Å²) in [5, 5.41) is 11.4. The number of imide groups is 1. The maximum absolute atomic E-state index is 13.4. The van der Waals surface area contributed by atoms with Crippen molar-refractivity contribution in [1.29, 1.82) is 0 Å². The van der Waals surface area contributed by atoms with Crippen LogP contribution in [-0.4, -0.2) is 27.7 Å². The molecule has 2 heterocycles. The summed E-state index contributed by atoms with van der Waals surface area (Å²) in [4.78, 5) is 55.0. The predicted molar refractivity (Wildman–Crippen MR) is 126 cm³/mol. The number of hydrogen-bond donors (Lipinski definition) is 0. The Labute approximate surface area is 198 Å². The van der Waals surface area contributed by atoms with Crippen molar-refractivity contribution in [2.24, 2.45) is 0 Å². The van der Waals surface area contributed by atoms with Gasteiger partial charge in [-0.15, -0.1) is 0 Å². The van der Waals surface area contributed by atoms with E-state index in [1.54, 1.807) is 37.3 Å². The lowest BCUT2D eigenvalue weighted by molar-refractivity contribution is -0.384. The molecule has 0 spiro atoms. The SMILES string of the molecule is Cc1nc2ccccc2c2c1C(=O)N(c1cccc(C(=O)OCc3ccc([N+](=O)[O-])cc3)c1)C2=O. The van der Waals surface area contributed by atoms with E-state index in [0.29, 0.717) is 27.7 Å². The van der Waals surface area contributed by atoms with Crippen LogP contribution in [0.15, 0.2) is 72.8 Å². The van der Waals surface area contributed by atoms with Gasteiger partial charge in [0.05, 0.1) is 38.5 Å². The maximum atomic E-state index is 13.4. The highest BCUT2D eigenvalue weighted by molar-refractivity contribution is 6.37. The van der Waals surface area contributed by atoms with Gasteiger partial charge in [-0.2, -0.15) is 0 Å². The number of pyridine rings is 1. The molecule has 3 aromatic carbocycles. The highest BCUT2D eigenvalue weighted by atomic mass is 16.6. The quantitative estimate of drug-likeness (QED) is 0.182. The minimum absolute atomic E-state index is 0.0630. The largest absolute Gasteiger partial charge is 0.457 e. The molecule has 1 aromatic heterocycles. The van der Waals surface area contributed by atoms with E-state index >= 15 is 0 Å². The number of non-ortho nitro benzene ring substituents is 1. The van der Waals surface area contributed by atoms with Crippen LogP contribution in [0, 0.1) is 17.0 Å². The van der Waals surface area contributed by atoms with Gasteiger partial charge >= 0.3 is 5.97 Å². The van der Waals surface area contributed by atoms with Crippen LogP contribution in [0.1, 0.15) is 42.3 Å². The number of carbonyl (C=O) groups is 3. The van der Waals surface area contributed by atoms with Crippen molar-refractivity contribution in [2.75, 3.05) is 4.90 Å². The molecule has 0 N–H and O–H groups in total. The van der Waals surface area contributed by atoms with Crippen LogP contribution in [0.5, 0.6) is 0 Å². The Hall–Kier alpha value is -4.92. The molecule has 5 rings (SSSR count). The summed E-state index contributed by atoms with van der Waals surface area (Å²) >= 11 is 0. The molecular formula is C26H17N3O6. The second-order valence-corrected chi connectivity index (χ2v) is 7.96. The Balaban J connectivity index is 1.40. The van der Waals surface area contributed by atoms with Crippen molar-refractivity contribution in [2.45, 2.75) is 13.5 Å². The molecule has 9 nitrogen and oxygen atoms in total. The van der Waals surface area contributed by atoms with Crippen LogP contribution in [0.2, 0.25) is 0 Å². The van der Waals surface area contributed by atoms with E-state index in [1.807, 2.05) is 6.07 Å². The molecule has 4 aromatic rings. The molecule has 0 saturated carbocycles. The van der Waals surface area contributed by atoms with Crippen molar-refractivity contribution < 1.29 is 24.0 Å². The first-order valence-electron chi connectivity index (χ1n) is 10.6. The van der Waals surface area contributed by atoms with Crippen LogP contribution in [0.4, 0.5) is 11.4 Å². The molecule has 0 saturated heterocycles. The summed E-state index contributed by atoms with van der Waals surface area (Å²) in [6.07, 6.45) is 0. The molecule has 0 bridgehead atoms. The topological polar surface area (TPSA) is 120 Å². The number of esters is 1. The van der Waals surface area contributed by atoms with E-state index in [1.165, 1.54) is 36.4 Å². The molecule has 172 valence electrons. The Morgan fingerprint density at radius 3 is 2.43 bits per heavy atom. The Morgan fingerprint density at radius 1 is 0.971 bits per heavy atom. The smallest absolute Gasteiger partial charge is 0.338 e. The lowest BCUT2D eigenvalue weighted by Gasteiger charge is -2.15. The normalized spacial score (nSPS) is 12.7. The zero-order chi connectivity index (χ0) is 24.7. The summed E-state index contributed by atoms with van der Waals surface area (Å²) in [6.45, 7) is 1.59. The fraction of sp³-hybridized carbons (Fsp3) is 0.0769. The van der Waals surface area contributed by atoms with E-state index in [2.05, 4.69) is 4.98 Å². The van der Waals surface area contributed by atoms with E-state index < -0.39 is 22.7 Å². The monoisotopic (exact) mass is 467 g/mol. The van der Waals surface area contributed by atoms with Crippen molar-refractivity contribution in [3.63, 3.8) is 0 Å². The van der Waals surface area contributed by atoms with Crippen LogP contribution < -0.4 is 4.90 Å². The average molecular weight is 467 g/mol. The summed E-state index contributed by atoms with van der Waals surface area (Å²) in [5.74, 6) is -1.65. The van der Waals surface area contributed by atoms with Gasteiger partial charge in [0.25, 0.3) is 17.5 Å². The van der Waals surface area contributed by atoms with Crippen LogP contribution in [-0.2, 0) is 11.3 Å². The molecule has 0 unspecified atom stereocenters. The number of nitro benzene ring substituents is 1. The number of anilines is 1. The van der Waals surface area contributed by atoms with Gasteiger partial charge in [-0.1, -0.05) is 24.3 Å². The number of aromatic nitrogens is 1. The third kappa shape index (κ3) is 3.78. The lowest BCUT2D eigenvalue weighted by atomic mass is 10.0. The number of rotatable bonds is 5. The zero-order valence-electron chi connectivity index (χ0n) is 18.4. The van der Waals surface area contributed by atoms with Crippen molar-refractivity contribution >= 4 is 40.1 Å². The van der Waals surface area contributed by atoms with Gasteiger partial charge in [-0.3, -0.25) is 24.7 Å². The summed E-state index contributed by atoms with van der Waals surface area (Å²) in [7, 11) is 0. The summed E-state index contributed by atoms with van der Waals surface area (Å²) in [5.41, 5.74) is 2.53. The highest BCUT2D eigenvalue weighted by Gasteiger charge is 2.40. The third-order valence-corrected chi connectivity index (χ3v) is 5.76. The third-order valence-electron chi connectivity index (χ3n) is 5.76. The molecule has 1 aliphatic rings. The molecule has 1 aliphatic heterocycles. The van der Waals surface area contributed by atoms with Crippen LogP contribution in [0.25, 0.3) is 10.9 Å². The number of carbonyl (C=O) groups excluding carboxylic acids is 3. The van der Waals surface area contributed by atoms with Gasteiger partial charge < -0.3 is 4.74 Å². The van der Waals surface area contributed by atoms with Crippen molar-refractivity contribution in [3.05, 3.63) is 111 Å². The molecule has 2 amide bonds. The number of hydrogen-bond acceptors (Lipinski definition) is 7. The number of ether oxygens (including phenoxy) is 1. The molecular weight excluding hydrogens is 450 g/mol. The minimum Gasteiger partial charge on any atom is -0.457 e. The minimum atomic E-state index is -0.662. The lowest BCUT2D eigenvalue weighted by Crippen LogP contribution is -2.29. The van der Waals surface area contributed by atoms with Gasteiger partial charge in [-0.05, 0) is 48.9 Å². The number of para-hydroxylation sites is 1. The number of nitrogens with zero attached hydrogens (tertiary/aromatic N) is 3. The van der Waals surface area contributed by atoms with Gasteiger partial charge in [0.2, 0.25) is 0 Å². The molecule has 0 radical (unpaired) electrons. The fourth-order valence-electron chi connectivity index (χ4n) is 4.09.